The number of carboxylic acid groups (broad SMARTS) is 1. The highest BCUT2D eigenvalue weighted by Crippen LogP contribution is 2.25. The number of rotatable bonds is 4. The van der Waals surface area contributed by atoms with E-state index in [-0.39, 0.29) is 6.54 Å². The molecule has 0 aliphatic heterocycles. The fourth-order valence-electron chi connectivity index (χ4n) is 1.80. The fraction of sp³-hybridized carbons (Fsp3) is 0.462. The van der Waals surface area contributed by atoms with Crippen LogP contribution in [-0.2, 0) is 10.0 Å². The van der Waals surface area contributed by atoms with Gasteiger partial charge in [0.15, 0.2) is 11.6 Å². The summed E-state index contributed by atoms with van der Waals surface area (Å²) in [5, 5.41) is 8.82. The highest BCUT2D eigenvalue weighted by atomic mass is 32.2. The van der Waals surface area contributed by atoms with E-state index in [1.165, 1.54) is 7.05 Å². The third-order valence-corrected chi connectivity index (χ3v) is 4.43. The van der Waals surface area contributed by atoms with Crippen LogP contribution in [0.3, 0.4) is 0 Å². The summed E-state index contributed by atoms with van der Waals surface area (Å²) >= 11 is 0. The number of carbonyl (C=O) groups is 1. The Bertz CT molecular complexity index is 665. The van der Waals surface area contributed by atoms with E-state index < -0.39 is 43.5 Å². The number of carboxylic acids is 1. The van der Waals surface area contributed by atoms with Crippen LogP contribution >= 0.6 is 0 Å². The third-order valence-electron chi connectivity index (χ3n) is 2.63. The zero-order chi connectivity index (χ0) is 16.6. The Labute approximate surface area is 122 Å². The summed E-state index contributed by atoms with van der Waals surface area (Å²) in [5.74, 6) is -4.64. The van der Waals surface area contributed by atoms with Crippen LogP contribution < -0.4 is 0 Å². The van der Waals surface area contributed by atoms with Crippen molar-refractivity contribution >= 4 is 16.0 Å². The summed E-state index contributed by atoms with van der Waals surface area (Å²) in [4.78, 5) is 9.86. The average molecular weight is 321 g/mol. The van der Waals surface area contributed by atoms with Gasteiger partial charge in [-0.05, 0) is 17.5 Å². The molecular weight excluding hydrogens is 304 g/mol. The van der Waals surface area contributed by atoms with Crippen LogP contribution in [0.25, 0.3) is 0 Å². The van der Waals surface area contributed by atoms with Crippen molar-refractivity contribution in [3.05, 3.63) is 29.3 Å². The van der Waals surface area contributed by atoms with Crippen molar-refractivity contribution in [2.24, 2.45) is 5.41 Å². The second kappa shape index (κ2) is 5.69. The Balaban J connectivity index is 3.41. The van der Waals surface area contributed by atoms with Gasteiger partial charge in [-0.2, -0.15) is 0 Å². The Kier molecular flexibility index (Phi) is 4.74. The van der Waals surface area contributed by atoms with E-state index in [0.29, 0.717) is 12.1 Å². The maximum atomic E-state index is 13.8. The van der Waals surface area contributed by atoms with Gasteiger partial charge < -0.3 is 5.11 Å². The zero-order valence-corrected chi connectivity index (χ0v) is 13.0. The minimum absolute atomic E-state index is 0.0632. The smallest absolute Gasteiger partial charge is 0.335 e. The minimum Gasteiger partial charge on any atom is -0.478 e. The SMILES string of the molecule is CN(CC(C)(C)C)S(=O)(=O)c1cc(C(=O)O)cc(F)c1F. The first-order valence-corrected chi connectivity index (χ1v) is 7.49. The maximum Gasteiger partial charge on any atom is 0.335 e. The lowest BCUT2D eigenvalue weighted by Crippen LogP contribution is -2.35. The van der Waals surface area contributed by atoms with Gasteiger partial charge in [-0.15, -0.1) is 0 Å². The van der Waals surface area contributed by atoms with Crippen LogP contribution in [-0.4, -0.2) is 37.4 Å². The van der Waals surface area contributed by atoms with Gasteiger partial charge in [-0.3, -0.25) is 0 Å². The molecule has 0 radical (unpaired) electrons. The molecule has 0 aromatic heterocycles. The van der Waals surface area contributed by atoms with Gasteiger partial charge in [0.05, 0.1) is 5.56 Å². The van der Waals surface area contributed by atoms with Gasteiger partial charge in [0, 0.05) is 13.6 Å². The fourth-order valence-corrected chi connectivity index (χ4v) is 3.29. The Morgan fingerprint density at radius 2 is 1.81 bits per heavy atom. The molecule has 0 saturated carbocycles. The molecule has 0 amide bonds. The van der Waals surface area contributed by atoms with Crippen molar-refractivity contribution in [2.45, 2.75) is 25.7 Å². The largest absolute Gasteiger partial charge is 0.478 e. The number of benzene rings is 1. The third kappa shape index (κ3) is 3.98. The molecule has 0 saturated heterocycles. The molecule has 0 atom stereocenters. The number of sulfonamides is 1. The summed E-state index contributed by atoms with van der Waals surface area (Å²) < 4.78 is 52.6. The summed E-state index contributed by atoms with van der Waals surface area (Å²) in [6.07, 6.45) is 0. The van der Waals surface area contributed by atoms with Crippen LogP contribution in [0.2, 0.25) is 0 Å². The second-order valence-electron chi connectivity index (χ2n) is 5.90. The molecule has 0 aliphatic carbocycles. The lowest BCUT2D eigenvalue weighted by Gasteiger charge is -2.26. The number of halogens is 2. The minimum atomic E-state index is -4.33. The van der Waals surface area contributed by atoms with Crippen molar-refractivity contribution in [3.8, 4) is 0 Å². The molecule has 118 valence electrons. The quantitative estimate of drug-likeness (QED) is 0.923. The molecule has 0 heterocycles. The first kappa shape index (κ1) is 17.5. The van der Waals surface area contributed by atoms with Crippen LogP contribution in [0.1, 0.15) is 31.1 Å². The summed E-state index contributed by atoms with van der Waals surface area (Å²) in [6.45, 7) is 5.41. The summed E-state index contributed by atoms with van der Waals surface area (Å²) in [5.41, 5.74) is -1.03. The molecule has 0 fully saturated rings. The van der Waals surface area contributed by atoms with Crippen molar-refractivity contribution < 1.29 is 27.1 Å². The van der Waals surface area contributed by atoms with E-state index in [1.807, 2.05) is 0 Å². The van der Waals surface area contributed by atoms with Gasteiger partial charge in [-0.25, -0.2) is 26.3 Å². The van der Waals surface area contributed by atoms with Gasteiger partial charge in [0.2, 0.25) is 10.0 Å². The number of nitrogens with zero attached hydrogens (tertiary/aromatic N) is 1. The molecule has 0 aliphatic rings. The number of hydrogen-bond donors (Lipinski definition) is 1. The molecule has 1 aromatic carbocycles. The second-order valence-corrected chi connectivity index (χ2v) is 7.91. The molecule has 21 heavy (non-hydrogen) atoms. The molecule has 1 N–H and O–H groups in total. The highest BCUT2D eigenvalue weighted by molar-refractivity contribution is 7.89. The highest BCUT2D eigenvalue weighted by Gasteiger charge is 2.30. The normalized spacial score (nSPS) is 12.7. The summed E-state index contributed by atoms with van der Waals surface area (Å²) in [6, 6.07) is 1.07. The van der Waals surface area contributed by atoms with E-state index >= 15 is 0 Å². The lowest BCUT2D eigenvalue weighted by atomic mass is 9.97. The van der Waals surface area contributed by atoms with E-state index in [9.17, 15) is 22.0 Å². The predicted molar refractivity (Wildman–Crippen MR) is 72.6 cm³/mol. The van der Waals surface area contributed by atoms with Gasteiger partial charge in [0.1, 0.15) is 4.90 Å². The number of aromatic carboxylic acids is 1. The van der Waals surface area contributed by atoms with Crippen LogP contribution in [0.4, 0.5) is 8.78 Å². The van der Waals surface area contributed by atoms with Crippen molar-refractivity contribution in [3.63, 3.8) is 0 Å². The molecule has 0 unspecified atom stereocenters. The molecule has 1 rings (SSSR count). The Morgan fingerprint density at radius 3 is 2.24 bits per heavy atom. The first-order chi connectivity index (χ1) is 9.36. The molecular formula is C13H17F2NO4S. The standard InChI is InChI=1S/C13H17F2NO4S/c1-13(2,3)7-16(4)21(19,20)10-6-8(12(17)18)5-9(14)11(10)15/h5-6H,7H2,1-4H3,(H,17,18). The van der Waals surface area contributed by atoms with Gasteiger partial charge >= 0.3 is 5.97 Å². The predicted octanol–water partition coefficient (Wildman–Crippen LogP) is 2.33. The van der Waals surface area contributed by atoms with Gasteiger partial charge in [0.25, 0.3) is 0 Å². The summed E-state index contributed by atoms with van der Waals surface area (Å²) in [7, 11) is -3.10. The topological polar surface area (TPSA) is 74.7 Å². The van der Waals surface area contributed by atoms with E-state index in [0.717, 1.165) is 4.31 Å². The van der Waals surface area contributed by atoms with Crippen LogP contribution in [0.15, 0.2) is 17.0 Å². The van der Waals surface area contributed by atoms with Crippen LogP contribution in [0, 0.1) is 17.0 Å². The van der Waals surface area contributed by atoms with Crippen LogP contribution in [0.5, 0.6) is 0 Å². The molecule has 0 spiro atoms. The lowest BCUT2D eigenvalue weighted by molar-refractivity contribution is 0.0696. The first-order valence-electron chi connectivity index (χ1n) is 6.05. The average Bonchev–Trinajstić information content (AvgIpc) is 2.29. The van der Waals surface area contributed by atoms with E-state index in [1.54, 1.807) is 20.8 Å². The monoisotopic (exact) mass is 321 g/mol. The Hall–Kier alpha value is -1.54. The van der Waals surface area contributed by atoms with Crippen molar-refractivity contribution in [1.29, 1.82) is 0 Å². The van der Waals surface area contributed by atoms with Crippen molar-refractivity contribution in [2.75, 3.05) is 13.6 Å². The van der Waals surface area contributed by atoms with E-state index in [2.05, 4.69) is 0 Å². The zero-order valence-electron chi connectivity index (χ0n) is 12.1. The Morgan fingerprint density at radius 1 is 1.29 bits per heavy atom. The van der Waals surface area contributed by atoms with E-state index in [4.69, 9.17) is 5.11 Å². The molecule has 0 bridgehead atoms. The maximum absolute atomic E-state index is 13.8. The molecule has 8 heteroatoms. The van der Waals surface area contributed by atoms with Crippen molar-refractivity contribution in [1.82, 2.24) is 4.31 Å². The van der Waals surface area contributed by atoms with Gasteiger partial charge in [-0.1, -0.05) is 20.8 Å². The number of hydrogen-bond acceptors (Lipinski definition) is 3. The molecule has 1 aromatic rings. The molecule has 5 nitrogen and oxygen atoms in total.